The molecular weight excluding hydrogens is 352 g/mol. The van der Waals surface area contributed by atoms with E-state index in [1.807, 2.05) is 13.0 Å². The fourth-order valence-electron chi connectivity index (χ4n) is 1.84. The number of nitrogens with zero attached hydrogens (tertiary/aromatic N) is 3. The number of amides is 1. The SMILES string of the molecule is C=CCOc1ccc(C=NNC(=O)CSc2ncccn2)cc1OCC. The second-order valence-corrected chi connectivity index (χ2v) is 5.79. The van der Waals surface area contributed by atoms with E-state index in [2.05, 4.69) is 27.1 Å². The molecule has 1 aromatic heterocycles. The molecule has 1 amide bonds. The third-order valence-corrected chi connectivity index (χ3v) is 3.78. The van der Waals surface area contributed by atoms with Gasteiger partial charge in [0, 0.05) is 12.4 Å². The molecule has 0 fully saturated rings. The molecule has 0 radical (unpaired) electrons. The van der Waals surface area contributed by atoms with Crippen LogP contribution in [-0.4, -0.2) is 41.1 Å². The van der Waals surface area contributed by atoms with Crippen LogP contribution in [0.4, 0.5) is 0 Å². The number of carbonyl (C=O) groups excluding carboxylic acids is 1. The third kappa shape index (κ3) is 6.56. The molecule has 0 bridgehead atoms. The van der Waals surface area contributed by atoms with E-state index in [1.165, 1.54) is 11.8 Å². The van der Waals surface area contributed by atoms with E-state index in [9.17, 15) is 4.79 Å². The number of carbonyl (C=O) groups is 1. The van der Waals surface area contributed by atoms with E-state index in [-0.39, 0.29) is 11.7 Å². The topological polar surface area (TPSA) is 85.7 Å². The maximum atomic E-state index is 11.8. The number of rotatable bonds is 10. The second kappa shape index (κ2) is 10.9. The van der Waals surface area contributed by atoms with E-state index < -0.39 is 0 Å². The lowest BCUT2D eigenvalue weighted by Crippen LogP contribution is -2.19. The largest absolute Gasteiger partial charge is 0.490 e. The Balaban J connectivity index is 1.89. The van der Waals surface area contributed by atoms with Crippen LogP contribution in [0, 0.1) is 0 Å². The van der Waals surface area contributed by atoms with E-state index in [0.717, 1.165) is 5.56 Å². The molecule has 7 nitrogen and oxygen atoms in total. The smallest absolute Gasteiger partial charge is 0.250 e. The Kier molecular flexibility index (Phi) is 8.14. The Morgan fingerprint density at radius 1 is 1.31 bits per heavy atom. The maximum Gasteiger partial charge on any atom is 0.250 e. The first-order valence-corrected chi connectivity index (χ1v) is 8.93. The highest BCUT2D eigenvalue weighted by molar-refractivity contribution is 7.99. The first kappa shape index (κ1) is 19.5. The molecule has 0 unspecified atom stereocenters. The fourth-order valence-corrected chi connectivity index (χ4v) is 2.44. The predicted octanol–water partition coefficient (Wildman–Crippen LogP) is 2.68. The number of thioether (sulfide) groups is 1. The number of hydrazone groups is 1. The zero-order chi connectivity index (χ0) is 18.6. The van der Waals surface area contributed by atoms with Crippen molar-refractivity contribution in [3.8, 4) is 11.5 Å². The summed E-state index contributed by atoms with van der Waals surface area (Å²) in [6.45, 7) is 6.43. The molecule has 2 aromatic rings. The average Bonchev–Trinajstić information content (AvgIpc) is 2.67. The van der Waals surface area contributed by atoms with Gasteiger partial charge in [-0.05, 0) is 36.8 Å². The van der Waals surface area contributed by atoms with Gasteiger partial charge in [-0.1, -0.05) is 24.4 Å². The highest BCUT2D eigenvalue weighted by Crippen LogP contribution is 2.28. The molecule has 8 heteroatoms. The van der Waals surface area contributed by atoms with Crippen molar-refractivity contribution in [3.05, 3.63) is 54.9 Å². The standard InChI is InChI=1S/C18H20N4O3S/c1-3-10-25-15-7-6-14(11-16(15)24-4-2)12-21-22-17(23)13-26-18-19-8-5-9-20-18/h3,5-9,11-12H,1,4,10,13H2,2H3,(H,22,23). The van der Waals surface area contributed by atoms with Crippen molar-refractivity contribution in [1.82, 2.24) is 15.4 Å². The number of hydrogen-bond donors (Lipinski definition) is 1. The summed E-state index contributed by atoms with van der Waals surface area (Å²) in [5.74, 6) is 1.18. The van der Waals surface area contributed by atoms with Crippen LogP contribution >= 0.6 is 11.8 Å². The summed E-state index contributed by atoms with van der Waals surface area (Å²) < 4.78 is 11.1. The van der Waals surface area contributed by atoms with Gasteiger partial charge < -0.3 is 9.47 Å². The van der Waals surface area contributed by atoms with Crippen LogP contribution in [0.3, 0.4) is 0 Å². The minimum atomic E-state index is -0.241. The van der Waals surface area contributed by atoms with Crippen molar-refractivity contribution in [2.45, 2.75) is 12.1 Å². The van der Waals surface area contributed by atoms with Crippen LogP contribution in [0.5, 0.6) is 11.5 Å². The first-order valence-electron chi connectivity index (χ1n) is 7.95. The van der Waals surface area contributed by atoms with Crippen LogP contribution in [-0.2, 0) is 4.79 Å². The Hall–Kier alpha value is -2.87. The van der Waals surface area contributed by atoms with Crippen molar-refractivity contribution < 1.29 is 14.3 Å². The van der Waals surface area contributed by atoms with Gasteiger partial charge in [-0.2, -0.15) is 5.10 Å². The van der Waals surface area contributed by atoms with E-state index in [1.54, 1.807) is 42.9 Å². The van der Waals surface area contributed by atoms with E-state index in [0.29, 0.717) is 29.9 Å². The zero-order valence-corrected chi connectivity index (χ0v) is 15.2. The minimum Gasteiger partial charge on any atom is -0.490 e. The normalized spacial score (nSPS) is 10.5. The van der Waals surface area contributed by atoms with E-state index in [4.69, 9.17) is 9.47 Å². The molecule has 0 saturated heterocycles. The van der Waals surface area contributed by atoms with Gasteiger partial charge in [-0.25, -0.2) is 15.4 Å². The number of nitrogens with one attached hydrogen (secondary N) is 1. The van der Waals surface area contributed by atoms with Crippen LogP contribution in [0.15, 0.2) is 59.6 Å². The molecule has 0 spiro atoms. The van der Waals surface area contributed by atoms with Crippen LogP contribution in [0.25, 0.3) is 0 Å². The van der Waals surface area contributed by atoms with Crippen LogP contribution in [0.2, 0.25) is 0 Å². The van der Waals surface area contributed by atoms with Gasteiger partial charge in [0.05, 0.1) is 18.6 Å². The number of benzene rings is 1. The lowest BCUT2D eigenvalue weighted by atomic mass is 10.2. The molecule has 0 atom stereocenters. The summed E-state index contributed by atoms with van der Waals surface area (Å²) in [4.78, 5) is 19.9. The molecule has 0 saturated carbocycles. The monoisotopic (exact) mass is 372 g/mol. The summed E-state index contributed by atoms with van der Waals surface area (Å²) in [5, 5.41) is 4.50. The van der Waals surface area contributed by atoms with Crippen molar-refractivity contribution >= 4 is 23.9 Å². The number of hydrogen-bond acceptors (Lipinski definition) is 7. The molecule has 0 aliphatic carbocycles. The Bertz CT molecular complexity index is 753. The number of ether oxygens (including phenoxy) is 2. The lowest BCUT2D eigenvalue weighted by molar-refractivity contribution is -0.118. The quantitative estimate of drug-likeness (QED) is 0.227. The van der Waals surface area contributed by atoms with Gasteiger partial charge in [0.1, 0.15) is 6.61 Å². The average molecular weight is 372 g/mol. The van der Waals surface area contributed by atoms with Crippen LogP contribution in [0.1, 0.15) is 12.5 Å². The summed E-state index contributed by atoms with van der Waals surface area (Å²) in [5.41, 5.74) is 3.25. The van der Waals surface area contributed by atoms with E-state index >= 15 is 0 Å². The van der Waals surface area contributed by atoms with Gasteiger partial charge in [-0.15, -0.1) is 0 Å². The van der Waals surface area contributed by atoms with Crippen molar-refractivity contribution in [1.29, 1.82) is 0 Å². The summed E-state index contributed by atoms with van der Waals surface area (Å²) in [6.07, 6.45) is 6.47. The molecule has 1 heterocycles. The summed E-state index contributed by atoms with van der Waals surface area (Å²) >= 11 is 1.24. The molecule has 0 aliphatic heterocycles. The molecular formula is C18H20N4O3S. The van der Waals surface area contributed by atoms with Crippen molar-refractivity contribution in [2.75, 3.05) is 19.0 Å². The number of aromatic nitrogens is 2. The third-order valence-electron chi connectivity index (χ3n) is 2.90. The first-order chi connectivity index (χ1) is 12.7. The van der Waals surface area contributed by atoms with Gasteiger partial charge in [0.2, 0.25) is 0 Å². The molecule has 26 heavy (non-hydrogen) atoms. The Morgan fingerprint density at radius 3 is 2.85 bits per heavy atom. The van der Waals surface area contributed by atoms with Gasteiger partial charge >= 0.3 is 0 Å². The van der Waals surface area contributed by atoms with Crippen molar-refractivity contribution in [2.24, 2.45) is 5.10 Å². The molecule has 136 valence electrons. The van der Waals surface area contributed by atoms with Gasteiger partial charge in [0.15, 0.2) is 16.7 Å². The van der Waals surface area contributed by atoms with Gasteiger partial charge in [-0.3, -0.25) is 4.79 Å². The molecule has 0 aliphatic rings. The zero-order valence-electron chi connectivity index (χ0n) is 14.4. The summed E-state index contributed by atoms with van der Waals surface area (Å²) in [7, 11) is 0. The van der Waals surface area contributed by atoms with Crippen LogP contribution < -0.4 is 14.9 Å². The molecule has 1 N–H and O–H groups in total. The maximum absolute atomic E-state index is 11.8. The Labute approximate surface area is 156 Å². The minimum absolute atomic E-state index is 0.180. The molecule has 1 aromatic carbocycles. The fraction of sp³-hybridized carbons (Fsp3) is 0.222. The highest BCUT2D eigenvalue weighted by atomic mass is 32.2. The Morgan fingerprint density at radius 2 is 2.12 bits per heavy atom. The van der Waals surface area contributed by atoms with Crippen molar-refractivity contribution in [3.63, 3.8) is 0 Å². The summed E-state index contributed by atoms with van der Waals surface area (Å²) in [6, 6.07) is 7.13. The van der Waals surface area contributed by atoms with Gasteiger partial charge in [0.25, 0.3) is 5.91 Å². The second-order valence-electron chi connectivity index (χ2n) is 4.85. The molecule has 2 rings (SSSR count). The highest BCUT2D eigenvalue weighted by Gasteiger charge is 2.06. The lowest BCUT2D eigenvalue weighted by Gasteiger charge is -2.11. The predicted molar refractivity (Wildman–Crippen MR) is 102 cm³/mol.